The summed E-state index contributed by atoms with van der Waals surface area (Å²) in [5, 5.41) is 27.0. The average Bonchev–Trinajstić information content (AvgIpc) is 4.14. The molecule has 10 N–H and O–H groups in total. The third kappa shape index (κ3) is 7.80. The minimum atomic E-state index is -0.126. The van der Waals surface area contributed by atoms with E-state index in [9.17, 15) is 9.59 Å². The Morgan fingerprint density at radius 2 is 1.05 bits per heavy atom. The summed E-state index contributed by atoms with van der Waals surface area (Å²) < 4.78 is 0. The van der Waals surface area contributed by atoms with Gasteiger partial charge in [-0.05, 0) is 84.7 Å². The lowest BCUT2D eigenvalue weighted by atomic mass is 9.98. The Labute approximate surface area is 343 Å². The van der Waals surface area contributed by atoms with E-state index >= 15 is 0 Å². The molecule has 14 nitrogen and oxygen atoms in total. The van der Waals surface area contributed by atoms with Crippen molar-refractivity contribution in [2.45, 2.75) is 39.5 Å². The number of anilines is 6. The van der Waals surface area contributed by atoms with Gasteiger partial charge in [0.15, 0.2) is 0 Å². The van der Waals surface area contributed by atoms with Gasteiger partial charge in [0.25, 0.3) is 0 Å². The highest BCUT2D eigenvalue weighted by atomic mass is 35.5. The van der Waals surface area contributed by atoms with Gasteiger partial charge in [0.2, 0.25) is 11.8 Å². The Balaban J connectivity index is 0.000000177. The van der Waals surface area contributed by atoms with Crippen LogP contribution in [0.2, 0.25) is 10.0 Å². The van der Waals surface area contributed by atoms with Gasteiger partial charge in [-0.3, -0.25) is 19.6 Å². The van der Waals surface area contributed by atoms with Gasteiger partial charge in [-0.1, -0.05) is 23.2 Å². The Kier molecular flexibility index (Phi) is 10.9. The van der Waals surface area contributed by atoms with Crippen LogP contribution in [-0.2, 0) is 9.59 Å². The van der Waals surface area contributed by atoms with Crippen LogP contribution < -0.4 is 33.6 Å². The third-order valence-corrected chi connectivity index (χ3v) is 11.6. The van der Waals surface area contributed by atoms with Crippen molar-refractivity contribution in [2.75, 3.05) is 33.6 Å². The summed E-state index contributed by atoms with van der Waals surface area (Å²) in [6.45, 7) is 3.79. The molecule has 58 heavy (non-hydrogen) atoms. The second-order valence-electron chi connectivity index (χ2n) is 14.6. The fourth-order valence-corrected chi connectivity index (χ4v) is 7.53. The molecule has 2 aliphatic rings. The van der Waals surface area contributed by atoms with E-state index in [0.717, 1.165) is 45.9 Å². The van der Waals surface area contributed by atoms with Crippen LogP contribution in [0.25, 0.3) is 43.8 Å². The summed E-state index contributed by atoms with van der Waals surface area (Å²) in [7, 11) is 0. The number of nitriles is 2. The molecule has 2 fully saturated rings. The molecule has 2 aliphatic carbocycles. The first kappa shape index (κ1) is 39.5. The summed E-state index contributed by atoms with van der Waals surface area (Å²) in [5.41, 5.74) is 31.2. The van der Waals surface area contributed by atoms with E-state index in [1.807, 2.05) is 26.0 Å². The quantitative estimate of drug-likeness (QED) is 0.0804. The van der Waals surface area contributed by atoms with E-state index in [-0.39, 0.29) is 35.5 Å². The lowest BCUT2D eigenvalue weighted by Crippen LogP contribution is -2.15. The average molecular weight is 814 g/mol. The van der Waals surface area contributed by atoms with E-state index in [1.54, 1.807) is 49.3 Å². The highest BCUT2D eigenvalue weighted by molar-refractivity contribution is 6.38. The number of benzene rings is 2. The summed E-state index contributed by atoms with van der Waals surface area (Å²) >= 11 is 13.1. The largest absolute Gasteiger partial charge is 0.397 e. The van der Waals surface area contributed by atoms with Crippen molar-refractivity contribution in [3.63, 3.8) is 0 Å². The molecule has 2 amide bonds. The van der Waals surface area contributed by atoms with Gasteiger partial charge in [0.1, 0.15) is 11.6 Å². The number of carbonyl (C=O) groups is 2. The molecule has 4 aromatic heterocycles. The van der Waals surface area contributed by atoms with Crippen molar-refractivity contribution in [3.05, 3.63) is 82.6 Å². The zero-order valence-corrected chi connectivity index (χ0v) is 33.0. The number of rotatable bonds is 8. The topological polar surface area (TPSA) is 261 Å². The van der Waals surface area contributed by atoms with Crippen LogP contribution in [0.1, 0.15) is 36.8 Å². The molecule has 0 bridgehead atoms. The standard InChI is InChI=1S/2C21H19ClN6O/c2*1-10-15(7-26-9-17(10)24)14-5-12-6-18(27-8-16(12)20(25)19(14)22)28-21(29)13-4-11(13)2-3-23/h2*5-9,11,13H,2,4,24-25H2,1H3,(H,27,28,29)/t2*11-,13-/m10/s1. The molecule has 4 atom stereocenters. The first-order valence-corrected chi connectivity index (χ1v) is 19.1. The van der Waals surface area contributed by atoms with Crippen LogP contribution in [0.5, 0.6) is 0 Å². The lowest BCUT2D eigenvalue weighted by molar-refractivity contribution is -0.118. The van der Waals surface area contributed by atoms with E-state index in [4.69, 9.17) is 56.7 Å². The Morgan fingerprint density at radius 1 is 0.655 bits per heavy atom. The molecule has 0 aliphatic heterocycles. The molecular weight excluding hydrogens is 775 g/mol. The maximum atomic E-state index is 12.4. The Hall–Kier alpha value is -6.74. The van der Waals surface area contributed by atoms with E-state index < -0.39 is 0 Å². The van der Waals surface area contributed by atoms with Gasteiger partial charge in [-0.15, -0.1) is 0 Å². The van der Waals surface area contributed by atoms with Gasteiger partial charge in [0.05, 0.1) is 57.3 Å². The van der Waals surface area contributed by atoms with Crippen LogP contribution in [0.4, 0.5) is 34.4 Å². The number of fused-ring (bicyclic) bond motifs is 2. The maximum absolute atomic E-state index is 12.4. The minimum Gasteiger partial charge on any atom is -0.397 e. The van der Waals surface area contributed by atoms with E-state index in [1.165, 1.54) is 0 Å². The number of amides is 2. The van der Waals surface area contributed by atoms with Gasteiger partial charge in [-0.25, -0.2) is 9.97 Å². The molecule has 0 spiro atoms. The predicted molar refractivity (Wildman–Crippen MR) is 228 cm³/mol. The van der Waals surface area contributed by atoms with Crippen molar-refractivity contribution in [2.24, 2.45) is 23.7 Å². The van der Waals surface area contributed by atoms with Crippen LogP contribution >= 0.6 is 23.2 Å². The third-order valence-electron chi connectivity index (χ3n) is 10.8. The monoisotopic (exact) mass is 812 g/mol. The number of nitrogens with zero attached hydrogens (tertiary/aromatic N) is 6. The fraction of sp³-hybridized carbons (Fsp3) is 0.238. The lowest BCUT2D eigenvalue weighted by Gasteiger charge is -2.14. The summed E-state index contributed by atoms with van der Waals surface area (Å²) in [6.07, 6.45) is 12.0. The van der Waals surface area contributed by atoms with Crippen molar-refractivity contribution in [3.8, 4) is 34.4 Å². The highest BCUT2D eigenvalue weighted by Crippen LogP contribution is 2.44. The fourth-order valence-electron chi connectivity index (χ4n) is 7.01. The van der Waals surface area contributed by atoms with Crippen molar-refractivity contribution in [1.82, 2.24) is 19.9 Å². The molecule has 0 radical (unpaired) electrons. The predicted octanol–water partition coefficient (Wildman–Crippen LogP) is 7.82. The number of aromatic nitrogens is 4. The first-order chi connectivity index (χ1) is 27.8. The normalized spacial score (nSPS) is 17.7. The van der Waals surface area contributed by atoms with E-state index in [0.29, 0.717) is 79.2 Å². The molecule has 292 valence electrons. The first-order valence-electron chi connectivity index (χ1n) is 18.3. The summed E-state index contributed by atoms with van der Waals surface area (Å²) in [6, 6.07) is 11.5. The molecule has 4 heterocycles. The van der Waals surface area contributed by atoms with Gasteiger partial charge >= 0.3 is 0 Å². The molecule has 0 saturated heterocycles. The van der Waals surface area contributed by atoms with Crippen molar-refractivity contribution in [1.29, 1.82) is 10.5 Å². The summed E-state index contributed by atoms with van der Waals surface area (Å²) in [5.74, 6) is 0.657. The molecule has 6 aromatic rings. The zero-order valence-electron chi connectivity index (χ0n) is 31.5. The van der Waals surface area contributed by atoms with Crippen LogP contribution in [0.3, 0.4) is 0 Å². The maximum Gasteiger partial charge on any atom is 0.228 e. The number of nitrogens with one attached hydrogen (secondary N) is 2. The number of hydrogen-bond donors (Lipinski definition) is 6. The number of carbonyl (C=O) groups excluding carboxylic acids is 2. The van der Waals surface area contributed by atoms with Gasteiger partial charge in [-0.2, -0.15) is 10.5 Å². The second-order valence-corrected chi connectivity index (χ2v) is 15.4. The molecule has 0 unspecified atom stereocenters. The number of nitrogens with two attached hydrogens (primary N) is 4. The van der Waals surface area contributed by atoms with E-state index in [2.05, 4.69) is 42.7 Å². The number of halogens is 2. The highest BCUT2D eigenvalue weighted by Gasteiger charge is 2.43. The Morgan fingerprint density at radius 3 is 1.43 bits per heavy atom. The van der Waals surface area contributed by atoms with Crippen molar-refractivity contribution < 1.29 is 9.59 Å². The number of hydrogen-bond acceptors (Lipinski definition) is 12. The molecular formula is C42H38Cl2N12O2. The number of nitrogen functional groups attached to an aromatic ring is 4. The number of pyridine rings is 4. The Bertz CT molecular complexity index is 2560. The van der Waals surface area contributed by atoms with Crippen LogP contribution in [-0.4, -0.2) is 31.8 Å². The molecule has 16 heteroatoms. The molecule has 2 aromatic carbocycles. The molecule has 2 saturated carbocycles. The smallest absolute Gasteiger partial charge is 0.228 e. The minimum absolute atomic E-state index is 0.116. The van der Waals surface area contributed by atoms with Gasteiger partial charge in [0, 0.05) is 82.5 Å². The van der Waals surface area contributed by atoms with Crippen LogP contribution in [0.15, 0.2) is 61.4 Å². The SMILES string of the molecule is Cc1c(N)cncc1-c1cc2cc(NC(=O)[C@@H]3C[C@H]3CC#N)ncc2c(N)c1Cl.Cc1c(N)cncc1-c1cc2cc(NC(=O)[C@H]3C[C@@H]3CC#N)ncc2c(N)c1Cl. The zero-order chi connectivity index (χ0) is 41.4. The van der Waals surface area contributed by atoms with Crippen molar-refractivity contribution >= 4 is 90.9 Å². The second kappa shape index (κ2) is 16.0. The van der Waals surface area contributed by atoms with Crippen LogP contribution in [0, 0.1) is 60.2 Å². The van der Waals surface area contributed by atoms with Gasteiger partial charge < -0.3 is 33.6 Å². The molecule has 8 rings (SSSR count). The summed E-state index contributed by atoms with van der Waals surface area (Å²) in [4.78, 5) is 41.6.